The first-order chi connectivity index (χ1) is 13.4. The molecule has 0 unspecified atom stereocenters. The van der Waals surface area contributed by atoms with Crippen molar-refractivity contribution >= 4 is 35.3 Å². The highest BCUT2D eigenvalue weighted by Gasteiger charge is 2.16. The smallest absolute Gasteiger partial charge is 0.273 e. The lowest BCUT2D eigenvalue weighted by molar-refractivity contribution is -0.129. The fourth-order valence-electron chi connectivity index (χ4n) is 2.96. The quantitative estimate of drug-likeness (QED) is 0.472. The summed E-state index contributed by atoms with van der Waals surface area (Å²) in [7, 11) is 0. The molecule has 5 nitrogen and oxygen atoms in total. The van der Waals surface area contributed by atoms with Crippen molar-refractivity contribution in [3.8, 4) is 5.69 Å². The molecule has 0 aliphatic rings. The van der Waals surface area contributed by atoms with Crippen molar-refractivity contribution in [2.75, 3.05) is 0 Å². The molecule has 0 aliphatic carbocycles. The van der Waals surface area contributed by atoms with Gasteiger partial charge in [-0.2, -0.15) is 5.10 Å². The van der Waals surface area contributed by atoms with E-state index in [1.165, 1.54) is 6.21 Å². The SMILES string of the molecule is Cc1cc(/C=N\NC(=O)[C@@H](O)c2ccccc2)c(C)n1-c1ccc(Cl)cc1Cl. The number of nitrogens with one attached hydrogen (secondary N) is 1. The van der Waals surface area contributed by atoms with E-state index in [0.717, 1.165) is 22.6 Å². The summed E-state index contributed by atoms with van der Waals surface area (Å²) in [4.78, 5) is 12.1. The molecule has 0 saturated carbocycles. The number of hydrazone groups is 1. The predicted molar refractivity (Wildman–Crippen MR) is 112 cm³/mol. The van der Waals surface area contributed by atoms with E-state index in [4.69, 9.17) is 23.2 Å². The van der Waals surface area contributed by atoms with E-state index in [-0.39, 0.29) is 0 Å². The Balaban J connectivity index is 1.77. The van der Waals surface area contributed by atoms with E-state index in [0.29, 0.717) is 15.6 Å². The Morgan fingerprint density at radius 2 is 1.86 bits per heavy atom. The standard InChI is InChI=1S/C21H19Cl2N3O2/c1-13-10-16(14(2)26(13)19-9-8-17(22)11-18(19)23)12-24-25-21(28)20(27)15-6-4-3-5-7-15/h3-12,20,27H,1-2H3,(H,25,28)/b24-12-/t20-/m0/s1. The van der Waals surface area contributed by atoms with Gasteiger partial charge in [0, 0.05) is 22.0 Å². The average Bonchev–Trinajstić information content (AvgIpc) is 2.95. The molecule has 2 N–H and O–H groups in total. The summed E-state index contributed by atoms with van der Waals surface area (Å²) in [5.74, 6) is -0.600. The minimum Gasteiger partial charge on any atom is -0.378 e. The van der Waals surface area contributed by atoms with Crippen LogP contribution in [0.4, 0.5) is 0 Å². The Morgan fingerprint density at radius 1 is 1.14 bits per heavy atom. The van der Waals surface area contributed by atoms with Crippen molar-refractivity contribution < 1.29 is 9.90 Å². The van der Waals surface area contributed by atoms with Crippen molar-refractivity contribution in [3.63, 3.8) is 0 Å². The van der Waals surface area contributed by atoms with Crippen LogP contribution in [0.1, 0.15) is 28.6 Å². The molecule has 0 spiro atoms. The number of aryl methyl sites for hydroxylation is 1. The van der Waals surface area contributed by atoms with E-state index in [9.17, 15) is 9.90 Å². The lowest BCUT2D eigenvalue weighted by Gasteiger charge is -2.11. The molecule has 0 aliphatic heterocycles. The molecular formula is C21H19Cl2N3O2. The summed E-state index contributed by atoms with van der Waals surface area (Å²) in [6.07, 6.45) is 0.261. The first-order valence-corrected chi connectivity index (χ1v) is 9.34. The number of hydrogen-bond acceptors (Lipinski definition) is 3. The zero-order valence-electron chi connectivity index (χ0n) is 15.4. The molecule has 0 saturated heterocycles. The number of carbonyl (C=O) groups is 1. The van der Waals surface area contributed by atoms with Crippen molar-refractivity contribution in [1.29, 1.82) is 0 Å². The summed E-state index contributed by atoms with van der Waals surface area (Å²) in [5.41, 5.74) is 6.37. The largest absolute Gasteiger partial charge is 0.378 e. The summed E-state index contributed by atoms with van der Waals surface area (Å²) >= 11 is 12.3. The molecular weight excluding hydrogens is 397 g/mol. The van der Waals surface area contributed by atoms with Crippen molar-refractivity contribution in [1.82, 2.24) is 9.99 Å². The first kappa shape index (κ1) is 20.1. The molecule has 0 fully saturated rings. The van der Waals surface area contributed by atoms with Gasteiger partial charge in [0.15, 0.2) is 6.10 Å². The highest BCUT2D eigenvalue weighted by molar-refractivity contribution is 6.35. The molecule has 3 rings (SSSR count). The van der Waals surface area contributed by atoms with Gasteiger partial charge in [0.05, 0.1) is 16.9 Å². The summed E-state index contributed by atoms with van der Waals surface area (Å²) < 4.78 is 1.99. The van der Waals surface area contributed by atoms with Crippen LogP contribution in [0.25, 0.3) is 5.69 Å². The van der Waals surface area contributed by atoms with Gasteiger partial charge in [-0.15, -0.1) is 0 Å². The highest BCUT2D eigenvalue weighted by Crippen LogP contribution is 2.28. The van der Waals surface area contributed by atoms with Crippen LogP contribution in [-0.4, -0.2) is 21.8 Å². The molecule has 3 aromatic rings. The minimum atomic E-state index is -1.28. The van der Waals surface area contributed by atoms with Crippen LogP contribution < -0.4 is 5.43 Å². The lowest BCUT2D eigenvalue weighted by atomic mass is 10.1. The molecule has 28 heavy (non-hydrogen) atoms. The Hall–Kier alpha value is -2.60. The molecule has 2 aromatic carbocycles. The van der Waals surface area contributed by atoms with E-state index < -0.39 is 12.0 Å². The Bertz CT molecular complexity index is 1030. The van der Waals surface area contributed by atoms with E-state index >= 15 is 0 Å². The Labute approximate surface area is 173 Å². The zero-order chi connectivity index (χ0) is 20.3. The van der Waals surface area contributed by atoms with Crippen LogP contribution in [-0.2, 0) is 4.79 Å². The number of aromatic nitrogens is 1. The maximum absolute atomic E-state index is 12.1. The molecule has 7 heteroatoms. The molecule has 1 amide bonds. The number of aliphatic hydroxyl groups excluding tert-OH is 1. The zero-order valence-corrected chi connectivity index (χ0v) is 16.9. The van der Waals surface area contributed by atoms with Gasteiger partial charge in [0.1, 0.15) is 0 Å². The fraction of sp³-hybridized carbons (Fsp3) is 0.143. The van der Waals surface area contributed by atoms with E-state index in [2.05, 4.69) is 10.5 Å². The average molecular weight is 416 g/mol. The topological polar surface area (TPSA) is 66.6 Å². The Kier molecular flexibility index (Phi) is 6.19. The summed E-state index contributed by atoms with van der Waals surface area (Å²) in [6, 6.07) is 15.9. The van der Waals surface area contributed by atoms with Crippen molar-refractivity contribution in [2.24, 2.45) is 5.10 Å². The van der Waals surface area contributed by atoms with Crippen molar-refractivity contribution in [3.05, 3.63) is 87.2 Å². The van der Waals surface area contributed by atoms with Gasteiger partial charge in [-0.05, 0) is 43.7 Å². The second-order valence-electron chi connectivity index (χ2n) is 6.31. The third-order valence-corrected chi connectivity index (χ3v) is 4.90. The van der Waals surface area contributed by atoms with Crippen LogP contribution in [0.15, 0.2) is 59.7 Å². The van der Waals surface area contributed by atoms with Crippen LogP contribution >= 0.6 is 23.2 Å². The number of carbonyl (C=O) groups excluding carboxylic acids is 1. The van der Waals surface area contributed by atoms with Crippen LogP contribution in [0.5, 0.6) is 0 Å². The van der Waals surface area contributed by atoms with Crippen LogP contribution in [0.2, 0.25) is 10.0 Å². The highest BCUT2D eigenvalue weighted by atomic mass is 35.5. The molecule has 1 atom stereocenters. The molecule has 144 valence electrons. The van der Waals surface area contributed by atoms with E-state index in [1.807, 2.05) is 36.6 Å². The van der Waals surface area contributed by atoms with Crippen LogP contribution in [0.3, 0.4) is 0 Å². The number of benzene rings is 2. The van der Waals surface area contributed by atoms with Crippen molar-refractivity contribution in [2.45, 2.75) is 20.0 Å². The van der Waals surface area contributed by atoms with Gasteiger partial charge < -0.3 is 9.67 Å². The lowest BCUT2D eigenvalue weighted by Crippen LogP contribution is -2.25. The van der Waals surface area contributed by atoms with Gasteiger partial charge in [0.2, 0.25) is 0 Å². The Morgan fingerprint density at radius 3 is 2.54 bits per heavy atom. The monoisotopic (exact) mass is 415 g/mol. The van der Waals surface area contributed by atoms with Gasteiger partial charge >= 0.3 is 0 Å². The second-order valence-corrected chi connectivity index (χ2v) is 7.15. The number of halogens is 2. The third-order valence-electron chi connectivity index (χ3n) is 4.36. The first-order valence-electron chi connectivity index (χ1n) is 8.59. The third kappa shape index (κ3) is 4.28. The van der Waals surface area contributed by atoms with Crippen LogP contribution in [0, 0.1) is 13.8 Å². The number of nitrogens with zero attached hydrogens (tertiary/aromatic N) is 2. The number of amides is 1. The normalized spacial score (nSPS) is 12.3. The van der Waals surface area contributed by atoms with E-state index in [1.54, 1.807) is 36.4 Å². The predicted octanol–water partition coefficient (Wildman–Crippen LogP) is 4.58. The van der Waals surface area contributed by atoms with Gasteiger partial charge in [0.25, 0.3) is 5.91 Å². The van der Waals surface area contributed by atoms with Gasteiger partial charge in [-0.25, -0.2) is 5.43 Å². The molecule has 1 heterocycles. The minimum absolute atomic E-state index is 0.505. The number of rotatable bonds is 5. The van der Waals surface area contributed by atoms with Gasteiger partial charge in [-0.1, -0.05) is 53.5 Å². The molecule has 0 bridgehead atoms. The second kappa shape index (κ2) is 8.61. The van der Waals surface area contributed by atoms with Gasteiger partial charge in [-0.3, -0.25) is 4.79 Å². The maximum atomic E-state index is 12.1. The fourth-order valence-corrected chi connectivity index (χ4v) is 3.46. The molecule has 1 aromatic heterocycles. The molecule has 0 radical (unpaired) electrons. The number of hydrogen-bond donors (Lipinski definition) is 2. The number of aliphatic hydroxyl groups is 1. The summed E-state index contributed by atoms with van der Waals surface area (Å²) in [6.45, 7) is 3.88. The maximum Gasteiger partial charge on any atom is 0.273 e. The summed E-state index contributed by atoms with van der Waals surface area (Å²) in [5, 5.41) is 15.2.